The van der Waals surface area contributed by atoms with Crippen LogP contribution in [0.25, 0.3) is 10.8 Å². The van der Waals surface area contributed by atoms with Gasteiger partial charge in [-0.3, -0.25) is 4.90 Å². The maximum atomic E-state index is 9.72. The van der Waals surface area contributed by atoms with Crippen LogP contribution < -0.4 is 10.6 Å². The summed E-state index contributed by atoms with van der Waals surface area (Å²) in [7, 11) is 0. The third-order valence-electron chi connectivity index (χ3n) is 4.42. The third kappa shape index (κ3) is 4.23. The number of nitrogens with two attached hydrogens (primary N) is 1. The minimum absolute atomic E-state index is 0.154. The number of aliphatic hydroxyl groups excluding tert-OH is 1. The first-order valence-corrected chi connectivity index (χ1v) is 8.97. The van der Waals surface area contributed by atoms with Crippen LogP contribution in [0.15, 0.2) is 36.5 Å². The van der Waals surface area contributed by atoms with Crippen LogP contribution in [-0.4, -0.2) is 60.4 Å². The molecule has 24 heavy (non-hydrogen) atoms. The summed E-state index contributed by atoms with van der Waals surface area (Å²) in [5.41, 5.74) is 5.60. The normalized spacial score (nSPS) is 18.3. The fourth-order valence-corrected chi connectivity index (χ4v) is 3.20. The number of piperazine rings is 1. The SMILES string of the molecule is CC.NCCCN1CCN(c2nccc3ccccc23)CC1CO. The predicted octanol–water partition coefficient (Wildman–Crippen LogP) is 2.09. The van der Waals surface area contributed by atoms with Gasteiger partial charge in [-0.15, -0.1) is 0 Å². The molecule has 0 saturated carbocycles. The number of aliphatic hydroxyl groups is 1. The first kappa shape index (κ1) is 18.6. The zero-order valence-electron chi connectivity index (χ0n) is 14.9. The molecule has 1 aromatic carbocycles. The van der Waals surface area contributed by atoms with E-state index in [1.807, 2.05) is 32.2 Å². The number of fused-ring (bicyclic) bond motifs is 1. The van der Waals surface area contributed by atoms with Crippen LogP contribution in [0.4, 0.5) is 5.82 Å². The van der Waals surface area contributed by atoms with E-state index in [1.165, 1.54) is 10.8 Å². The van der Waals surface area contributed by atoms with Gasteiger partial charge in [-0.05, 0) is 31.0 Å². The molecular formula is C19H30N4O. The molecule has 3 rings (SSSR count). The maximum absolute atomic E-state index is 9.72. The van der Waals surface area contributed by atoms with Crippen LogP contribution in [0, 0.1) is 0 Å². The fourth-order valence-electron chi connectivity index (χ4n) is 3.20. The highest BCUT2D eigenvalue weighted by molar-refractivity contribution is 5.92. The average molecular weight is 330 g/mol. The van der Waals surface area contributed by atoms with Crippen LogP contribution in [0.5, 0.6) is 0 Å². The summed E-state index contributed by atoms with van der Waals surface area (Å²) >= 11 is 0. The van der Waals surface area contributed by atoms with Gasteiger partial charge in [0, 0.05) is 31.2 Å². The van der Waals surface area contributed by atoms with E-state index in [0.717, 1.165) is 38.4 Å². The summed E-state index contributed by atoms with van der Waals surface area (Å²) < 4.78 is 0. The van der Waals surface area contributed by atoms with Crippen LogP contribution in [-0.2, 0) is 0 Å². The van der Waals surface area contributed by atoms with E-state index in [-0.39, 0.29) is 12.6 Å². The van der Waals surface area contributed by atoms with Gasteiger partial charge in [-0.1, -0.05) is 38.1 Å². The first-order chi connectivity index (χ1) is 11.8. The van der Waals surface area contributed by atoms with Gasteiger partial charge in [-0.2, -0.15) is 0 Å². The van der Waals surface area contributed by atoms with Gasteiger partial charge in [0.05, 0.1) is 12.6 Å². The van der Waals surface area contributed by atoms with Crippen molar-refractivity contribution in [1.82, 2.24) is 9.88 Å². The molecule has 1 atom stereocenters. The average Bonchev–Trinajstić information content (AvgIpc) is 2.67. The Hall–Kier alpha value is -1.69. The molecular weight excluding hydrogens is 300 g/mol. The van der Waals surface area contributed by atoms with Gasteiger partial charge >= 0.3 is 0 Å². The lowest BCUT2D eigenvalue weighted by molar-refractivity contribution is 0.110. The summed E-state index contributed by atoms with van der Waals surface area (Å²) in [4.78, 5) is 9.23. The number of anilines is 1. The van der Waals surface area contributed by atoms with E-state index in [9.17, 15) is 5.11 Å². The van der Waals surface area contributed by atoms with Gasteiger partial charge in [0.25, 0.3) is 0 Å². The molecule has 1 aromatic heterocycles. The van der Waals surface area contributed by atoms with Crippen LogP contribution in [0.2, 0.25) is 0 Å². The van der Waals surface area contributed by atoms with Gasteiger partial charge in [-0.25, -0.2) is 4.98 Å². The van der Waals surface area contributed by atoms with Crippen molar-refractivity contribution in [3.05, 3.63) is 36.5 Å². The summed E-state index contributed by atoms with van der Waals surface area (Å²) in [6.07, 6.45) is 2.84. The van der Waals surface area contributed by atoms with Crippen LogP contribution in [0.1, 0.15) is 20.3 Å². The largest absolute Gasteiger partial charge is 0.395 e. The highest BCUT2D eigenvalue weighted by Gasteiger charge is 2.27. The molecule has 3 N–H and O–H groups in total. The topological polar surface area (TPSA) is 65.6 Å². The summed E-state index contributed by atoms with van der Waals surface area (Å²) in [6.45, 7) is 8.51. The quantitative estimate of drug-likeness (QED) is 0.879. The lowest BCUT2D eigenvalue weighted by atomic mass is 10.1. The Kier molecular flexibility index (Phi) is 7.43. The first-order valence-electron chi connectivity index (χ1n) is 8.97. The molecule has 1 aliphatic rings. The van der Waals surface area contributed by atoms with Gasteiger partial charge in [0.15, 0.2) is 0 Å². The number of nitrogens with zero attached hydrogens (tertiary/aromatic N) is 3. The second-order valence-corrected chi connectivity index (χ2v) is 5.82. The summed E-state index contributed by atoms with van der Waals surface area (Å²) in [5.74, 6) is 1.02. The molecule has 0 radical (unpaired) electrons. The van der Waals surface area contributed by atoms with Crippen molar-refractivity contribution in [3.63, 3.8) is 0 Å². The molecule has 5 nitrogen and oxygen atoms in total. The van der Waals surface area contributed by atoms with Gasteiger partial charge in [0.1, 0.15) is 5.82 Å². The standard InChI is InChI=1S/C17H24N4O.C2H6/c18-7-3-9-20-10-11-21(12-15(20)13-22)17-16-5-2-1-4-14(16)6-8-19-17;1-2/h1-2,4-6,8,15,22H,3,7,9-13,18H2;1-2H3. The van der Waals surface area contributed by atoms with E-state index in [1.54, 1.807) is 0 Å². The second-order valence-electron chi connectivity index (χ2n) is 5.82. The molecule has 0 aliphatic carbocycles. The monoisotopic (exact) mass is 330 g/mol. The zero-order chi connectivity index (χ0) is 17.4. The lowest BCUT2D eigenvalue weighted by Gasteiger charge is -2.41. The predicted molar refractivity (Wildman–Crippen MR) is 101 cm³/mol. The molecule has 132 valence electrons. The number of benzene rings is 1. The molecule has 2 aromatic rings. The van der Waals surface area contributed by atoms with Crippen molar-refractivity contribution in [2.75, 3.05) is 44.2 Å². The van der Waals surface area contributed by atoms with Gasteiger partial charge < -0.3 is 15.7 Å². The molecule has 0 spiro atoms. The number of rotatable bonds is 5. The Labute approximate surface area is 145 Å². The van der Waals surface area contributed by atoms with Crippen molar-refractivity contribution in [1.29, 1.82) is 0 Å². The number of hydrogen-bond donors (Lipinski definition) is 2. The molecule has 1 fully saturated rings. The molecule has 1 saturated heterocycles. The Morgan fingerprint density at radius 2 is 2.00 bits per heavy atom. The van der Waals surface area contributed by atoms with Crippen molar-refractivity contribution >= 4 is 16.6 Å². The lowest BCUT2D eigenvalue weighted by Crippen LogP contribution is -2.55. The van der Waals surface area contributed by atoms with Crippen LogP contribution in [0.3, 0.4) is 0 Å². The molecule has 5 heteroatoms. The van der Waals surface area contributed by atoms with E-state index >= 15 is 0 Å². The number of hydrogen-bond acceptors (Lipinski definition) is 5. The van der Waals surface area contributed by atoms with Crippen molar-refractivity contribution in [2.45, 2.75) is 26.3 Å². The van der Waals surface area contributed by atoms with E-state index in [0.29, 0.717) is 6.54 Å². The number of aromatic nitrogens is 1. The van der Waals surface area contributed by atoms with E-state index in [2.05, 4.69) is 33.0 Å². The smallest absolute Gasteiger partial charge is 0.136 e. The second kappa shape index (κ2) is 9.57. The molecule has 1 unspecified atom stereocenters. The highest BCUT2D eigenvalue weighted by Crippen LogP contribution is 2.26. The zero-order valence-corrected chi connectivity index (χ0v) is 14.9. The molecule has 0 amide bonds. The summed E-state index contributed by atoms with van der Waals surface area (Å²) in [5, 5.41) is 12.1. The van der Waals surface area contributed by atoms with Crippen molar-refractivity contribution in [2.24, 2.45) is 5.73 Å². The Balaban J connectivity index is 0.00000100. The van der Waals surface area contributed by atoms with Crippen LogP contribution >= 0.6 is 0 Å². The van der Waals surface area contributed by atoms with E-state index < -0.39 is 0 Å². The molecule has 1 aliphatic heterocycles. The Morgan fingerprint density at radius 1 is 1.21 bits per heavy atom. The maximum Gasteiger partial charge on any atom is 0.136 e. The van der Waals surface area contributed by atoms with E-state index in [4.69, 9.17) is 5.73 Å². The minimum Gasteiger partial charge on any atom is -0.395 e. The highest BCUT2D eigenvalue weighted by atomic mass is 16.3. The number of pyridine rings is 1. The van der Waals surface area contributed by atoms with Gasteiger partial charge in [0.2, 0.25) is 0 Å². The molecule has 0 bridgehead atoms. The van der Waals surface area contributed by atoms with Crippen molar-refractivity contribution < 1.29 is 5.11 Å². The molecule has 2 heterocycles. The fraction of sp³-hybridized carbons (Fsp3) is 0.526. The Bertz CT molecular complexity index is 614. The summed E-state index contributed by atoms with van der Waals surface area (Å²) in [6, 6.07) is 10.5. The third-order valence-corrected chi connectivity index (χ3v) is 4.42. The minimum atomic E-state index is 0.154. The van der Waals surface area contributed by atoms with Crippen molar-refractivity contribution in [3.8, 4) is 0 Å². The Morgan fingerprint density at radius 3 is 2.75 bits per heavy atom.